The second kappa shape index (κ2) is 4.49. The van der Waals surface area contributed by atoms with E-state index in [1.54, 1.807) is 0 Å². The molecule has 1 saturated heterocycles. The minimum Gasteiger partial charge on any atom is -0.491 e. The average Bonchev–Trinajstić information content (AvgIpc) is 2.99. The maximum absolute atomic E-state index is 5.54. The van der Waals surface area contributed by atoms with Crippen LogP contribution in [0.25, 0.3) is 0 Å². The van der Waals surface area contributed by atoms with Crippen LogP contribution >= 0.6 is 0 Å². The first-order valence-corrected chi connectivity index (χ1v) is 5.22. The molecule has 0 N–H and O–H groups in total. The predicted molar refractivity (Wildman–Crippen MR) is 60.2 cm³/mol. The number of ether oxygens (including phenoxy) is 2. The van der Waals surface area contributed by atoms with Crippen LogP contribution in [0, 0.1) is 0 Å². The quantitative estimate of drug-likeness (QED) is 0.543. The van der Waals surface area contributed by atoms with E-state index in [2.05, 4.69) is 18.7 Å². The Hall–Kier alpha value is -1.28. The van der Waals surface area contributed by atoms with Crippen molar-refractivity contribution in [3.63, 3.8) is 0 Å². The summed E-state index contributed by atoms with van der Waals surface area (Å²) in [6.07, 6.45) is 1.26. The van der Waals surface area contributed by atoms with Crippen LogP contribution in [0.2, 0.25) is 0 Å². The fourth-order valence-corrected chi connectivity index (χ4v) is 1.41. The van der Waals surface area contributed by atoms with Crippen molar-refractivity contribution < 1.29 is 9.47 Å². The van der Waals surface area contributed by atoms with Gasteiger partial charge in [0.2, 0.25) is 0 Å². The minimum absolute atomic E-state index is 0.320. The molecule has 0 aliphatic carbocycles. The highest BCUT2D eigenvalue weighted by Gasteiger charge is 2.22. The molecule has 1 aromatic carbocycles. The molecule has 1 unspecified atom stereocenters. The molecule has 0 aromatic heterocycles. The van der Waals surface area contributed by atoms with Crippen LogP contribution in [0.3, 0.4) is 0 Å². The van der Waals surface area contributed by atoms with Crippen LogP contribution < -0.4 is 4.74 Å². The van der Waals surface area contributed by atoms with Gasteiger partial charge in [0.25, 0.3) is 0 Å². The van der Waals surface area contributed by atoms with Gasteiger partial charge in [-0.15, -0.1) is 0 Å². The number of epoxide rings is 1. The Labute approximate surface area is 90.5 Å². The summed E-state index contributed by atoms with van der Waals surface area (Å²) in [5.41, 5.74) is 2.45. The van der Waals surface area contributed by atoms with Gasteiger partial charge in [-0.2, -0.15) is 0 Å². The van der Waals surface area contributed by atoms with Crippen LogP contribution in [0.5, 0.6) is 5.75 Å². The zero-order chi connectivity index (χ0) is 10.7. The third-order valence-electron chi connectivity index (χ3n) is 2.27. The molecule has 1 aliphatic rings. The normalized spacial score (nSPS) is 18.6. The highest BCUT2D eigenvalue weighted by molar-refractivity contribution is 5.29. The fraction of sp³-hybridized carbons (Fsp3) is 0.385. The monoisotopic (exact) mass is 204 g/mol. The number of hydrogen-bond acceptors (Lipinski definition) is 2. The van der Waals surface area contributed by atoms with E-state index < -0.39 is 0 Å². The van der Waals surface area contributed by atoms with Gasteiger partial charge in [0.15, 0.2) is 0 Å². The third-order valence-corrected chi connectivity index (χ3v) is 2.27. The van der Waals surface area contributed by atoms with Crippen molar-refractivity contribution in [1.82, 2.24) is 0 Å². The second-order valence-electron chi connectivity index (χ2n) is 4.04. The fourth-order valence-electron chi connectivity index (χ4n) is 1.41. The van der Waals surface area contributed by atoms with Gasteiger partial charge < -0.3 is 9.47 Å². The SMILES string of the molecule is C=C(C)Cc1ccc(OCC2CO2)cc1. The molecule has 0 bridgehead atoms. The van der Waals surface area contributed by atoms with Crippen LogP contribution in [-0.2, 0) is 11.2 Å². The zero-order valence-corrected chi connectivity index (χ0v) is 9.03. The molecule has 0 spiro atoms. The lowest BCUT2D eigenvalue weighted by atomic mass is 10.1. The summed E-state index contributed by atoms with van der Waals surface area (Å²) < 4.78 is 10.6. The first-order valence-electron chi connectivity index (χ1n) is 5.22. The van der Waals surface area contributed by atoms with Gasteiger partial charge in [0.05, 0.1) is 6.61 Å². The smallest absolute Gasteiger partial charge is 0.119 e. The second-order valence-corrected chi connectivity index (χ2v) is 4.04. The molecule has 15 heavy (non-hydrogen) atoms. The van der Waals surface area contributed by atoms with Crippen molar-refractivity contribution in [3.8, 4) is 5.75 Å². The summed E-state index contributed by atoms with van der Waals surface area (Å²) >= 11 is 0. The van der Waals surface area contributed by atoms with Crippen LogP contribution in [0.15, 0.2) is 36.4 Å². The van der Waals surface area contributed by atoms with Gasteiger partial charge in [-0.05, 0) is 31.0 Å². The highest BCUT2D eigenvalue weighted by atomic mass is 16.6. The topological polar surface area (TPSA) is 21.8 Å². The molecule has 2 rings (SSSR count). The number of hydrogen-bond donors (Lipinski definition) is 0. The zero-order valence-electron chi connectivity index (χ0n) is 9.03. The van der Waals surface area contributed by atoms with Crippen molar-refractivity contribution >= 4 is 0 Å². The third kappa shape index (κ3) is 3.40. The van der Waals surface area contributed by atoms with Crippen LogP contribution in [0.4, 0.5) is 0 Å². The van der Waals surface area contributed by atoms with E-state index in [-0.39, 0.29) is 0 Å². The molecule has 2 heteroatoms. The highest BCUT2D eigenvalue weighted by Crippen LogP contribution is 2.16. The molecule has 0 radical (unpaired) electrons. The Bertz CT molecular complexity index is 336. The average molecular weight is 204 g/mol. The predicted octanol–water partition coefficient (Wildman–Crippen LogP) is 2.58. The number of allylic oxidation sites excluding steroid dienone is 1. The minimum atomic E-state index is 0.320. The van der Waals surface area contributed by atoms with Crippen molar-refractivity contribution in [2.75, 3.05) is 13.2 Å². The van der Waals surface area contributed by atoms with Crippen molar-refractivity contribution in [1.29, 1.82) is 0 Å². The van der Waals surface area contributed by atoms with E-state index in [9.17, 15) is 0 Å². The van der Waals surface area contributed by atoms with Crippen LogP contribution in [-0.4, -0.2) is 19.3 Å². The molecule has 2 nitrogen and oxygen atoms in total. The van der Waals surface area contributed by atoms with Crippen molar-refractivity contribution in [3.05, 3.63) is 42.0 Å². The molecule has 1 aliphatic heterocycles. The molecule has 1 aromatic rings. The Morgan fingerprint density at radius 3 is 2.67 bits per heavy atom. The number of benzene rings is 1. The number of rotatable bonds is 5. The molecule has 80 valence electrons. The maximum Gasteiger partial charge on any atom is 0.119 e. The van der Waals surface area contributed by atoms with E-state index >= 15 is 0 Å². The first kappa shape index (κ1) is 10.2. The van der Waals surface area contributed by atoms with Crippen molar-refractivity contribution in [2.24, 2.45) is 0 Å². The largest absolute Gasteiger partial charge is 0.491 e. The molecule has 0 saturated carbocycles. The van der Waals surface area contributed by atoms with E-state index in [0.717, 1.165) is 18.8 Å². The van der Waals surface area contributed by atoms with E-state index in [1.165, 1.54) is 11.1 Å². The molecule has 1 atom stereocenters. The summed E-state index contributed by atoms with van der Waals surface area (Å²) in [5, 5.41) is 0. The van der Waals surface area contributed by atoms with Crippen LogP contribution in [0.1, 0.15) is 12.5 Å². The molecular weight excluding hydrogens is 188 g/mol. The van der Waals surface area contributed by atoms with Crippen molar-refractivity contribution in [2.45, 2.75) is 19.4 Å². The molecule has 1 heterocycles. The summed E-state index contributed by atoms with van der Waals surface area (Å²) in [6, 6.07) is 8.16. The van der Waals surface area contributed by atoms with Gasteiger partial charge in [0.1, 0.15) is 18.5 Å². The Balaban J connectivity index is 1.87. The summed E-state index contributed by atoms with van der Waals surface area (Å²) in [4.78, 5) is 0. The van der Waals surface area contributed by atoms with E-state index in [4.69, 9.17) is 9.47 Å². The molecular formula is C13H16O2. The van der Waals surface area contributed by atoms with E-state index in [0.29, 0.717) is 12.7 Å². The van der Waals surface area contributed by atoms with Gasteiger partial charge in [0, 0.05) is 0 Å². The lowest BCUT2D eigenvalue weighted by molar-refractivity contribution is 0.263. The Kier molecular flexibility index (Phi) is 3.07. The van der Waals surface area contributed by atoms with Gasteiger partial charge in [-0.3, -0.25) is 0 Å². The standard InChI is InChI=1S/C13H16O2/c1-10(2)7-11-3-5-12(6-4-11)14-8-13-9-15-13/h3-6,13H,1,7-9H2,2H3. The van der Waals surface area contributed by atoms with E-state index in [1.807, 2.05) is 19.1 Å². The molecule has 0 amide bonds. The summed E-state index contributed by atoms with van der Waals surface area (Å²) in [7, 11) is 0. The summed E-state index contributed by atoms with van der Waals surface area (Å²) in [6.45, 7) is 7.44. The van der Waals surface area contributed by atoms with Gasteiger partial charge in [-0.1, -0.05) is 24.3 Å². The molecule has 1 fully saturated rings. The lowest BCUT2D eigenvalue weighted by Crippen LogP contribution is -2.03. The van der Waals surface area contributed by atoms with Gasteiger partial charge in [-0.25, -0.2) is 0 Å². The Morgan fingerprint density at radius 1 is 1.47 bits per heavy atom. The first-order chi connectivity index (χ1) is 7.24. The lowest BCUT2D eigenvalue weighted by Gasteiger charge is -2.05. The Morgan fingerprint density at radius 2 is 2.13 bits per heavy atom. The van der Waals surface area contributed by atoms with Gasteiger partial charge >= 0.3 is 0 Å². The summed E-state index contributed by atoms with van der Waals surface area (Å²) in [5.74, 6) is 0.913. The maximum atomic E-state index is 5.54.